The van der Waals surface area contributed by atoms with Gasteiger partial charge in [0.1, 0.15) is 0 Å². The highest BCUT2D eigenvalue weighted by atomic mass is 16.5. The van der Waals surface area contributed by atoms with Crippen molar-refractivity contribution in [1.82, 2.24) is 0 Å². The fourth-order valence-corrected chi connectivity index (χ4v) is 3.95. The number of ether oxygens (including phenoxy) is 2. The molecule has 0 aromatic heterocycles. The molecule has 0 saturated heterocycles. The summed E-state index contributed by atoms with van der Waals surface area (Å²) in [5.74, 6) is 1.10. The Bertz CT molecular complexity index is 236. The third kappa shape index (κ3) is 14.3. The first-order valence-electron chi connectivity index (χ1n) is 11.0. The maximum absolute atomic E-state index is 5.48. The van der Waals surface area contributed by atoms with Crippen LogP contribution in [0.15, 0.2) is 0 Å². The van der Waals surface area contributed by atoms with Crippen LogP contribution in [0.2, 0.25) is 0 Å². The number of methoxy groups -OCH3 is 1. The molecule has 1 saturated carbocycles. The van der Waals surface area contributed by atoms with Crippen LogP contribution in [0.5, 0.6) is 0 Å². The molecule has 1 aliphatic rings. The van der Waals surface area contributed by atoms with Crippen molar-refractivity contribution in [2.75, 3.05) is 26.9 Å². The van der Waals surface area contributed by atoms with E-state index in [9.17, 15) is 0 Å². The number of hydrogen-bond donors (Lipinski definition) is 0. The monoisotopic (exact) mass is 340 g/mol. The highest BCUT2D eigenvalue weighted by Gasteiger charge is 2.13. The Morgan fingerprint density at radius 3 is 1.62 bits per heavy atom. The lowest BCUT2D eigenvalue weighted by Crippen LogP contribution is -2.02. The SMILES string of the molecule is COCCOCCCCCCCCCCCCCCC1CCCC1. The maximum Gasteiger partial charge on any atom is 0.0700 e. The van der Waals surface area contributed by atoms with E-state index >= 15 is 0 Å². The van der Waals surface area contributed by atoms with Gasteiger partial charge >= 0.3 is 0 Å². The number of hydrogen-bond acceptors (Lipinski definition) is 2. The molecule has 144 valence electrons. The quantitative estimate of drug-likeness (QED) is 0.252. The molecule has 0 bridgehead atoms. The van der Waals surface area contributed by atoms with Crippen LogP contribution in [0.4, 0.5) is 0 Å². The smallest absolute Gasteiger partial charge is 0.0700 e. The lowest BCUT2D eigenvalue weighted by atomic mass is 9.99. The van der Waals surface area contributed by atoms with Crippen molar-refractivity contribution >= 4 is 0 Å². The van der Waals surface area contributed by atoms with Crippen LogP contribution in [0.1, 0.15) is 109 Å². The van der Waals surface area contributed by atoms with Crippen LogP contribution in [0, 0.1) is 5.92 Å². The first kappa shape index (κ1) is 22.0. The van der Waals surface area contributed by atoms with E-state index in [1.54, 1.807) is 7.11 Å². The fourth-order valence-electron chi connectivity index (χ4n) is 3.95. The molecular weight excluding hydrogens is 296 g/mol. The zero-order valence-corrected chi connectivity index (χ0v) is 16.5. The number of unbranched alkanes of at least 4 members (excludes halogenated alkanes) is 11. The Morgan fingerprint density at radius 1 is 0.583 bits per heavy atom. The molecule has 2 nitrogen and oxygen atoms in total. The molecule has 0 atom stereocenters. The second kappa shape index (κ2) is 17.7. The minimum atomic E-state index is 0.723. The van der Waals surface area contributed by atoms with Crippen LogP contribution in [0.25, 0.3) is 0 Å². The number of rotatable bonds is 18. The predicted molar refractivity (Wildman–Crippen MR) is 105 cm³/mol. The van der Waals surface area contributed by atoms with Crippen LogP contribution in [-0.4, -0.2) is 26.9 Å². The molecule has 0 amide bonds. The van der Waals surface area contributed by atoms with E-state index in [1.165, 1.54) is 109 Å². The maximum atomic E-state index is 5.48. The van der Waals surface area contributed by atoms with Crippen molar-refractivity contribution < 1.29 is 9.47 Å². The molecule has 1 rings (SSSR count). The van der Waals surface area contributed by atoms with Crippen molar-refractivity contribution in [3.63, 3.8) is 0 Å². The Morgan fingerprint density at radius 2 is 1.08 bits per heavy atom. The van der Waals surface area contributed by atoms with Crippen LogP contribution >= 0.6 is 0 Å². The first-order chi connectivity index (χ1) is 11.9. The highest BCUT2D eigenvalue weighted by Crippen LogP contribution is 2.29. The van der Waals surface area contributed by atoms with E-state index in [2.05, 4.69) is 0 Å². The van der Waals surface area contributed by atoms with Gasteiger partial charge in [0, 0.05) is 13.7 Å². The molecule has 0 unspecified atom stereocenters. The van der Waals surface area contributed by atoms with Crippen molar-refractivity contribution in [3.8, 4) is 0 Å². The van der Waals surface area contributed by atoms with Gasteiger partial charge in [0.2, 0.25) is 0 Å². The molecule has 2 heteroatoms. The van der Waals surface area contributed by atoms with Gasteiger partial charge in [-0.25, -0.2) is 0 Å². The molecule has 0 aromatic rings. The average molecular weight is 341 g/mol. The molecule has 24 heavy (non-hydrogen) atoms. The standard InChI is InChI=1S/C22H44O2/c1-23-20-21-24-19-15-11-9-7-5-3-2-4-6-8-10-12-16-22-17-13-14-18-22/h22H,2-21H2,1H3. The van der Waals surface area contributed by atoms with Crippen molar-refractivity contribution in [2.24, 2.45) is 5.92 Å². The average Bonchev–Trinajstić information content (AvgIpc) is 3.11. The Balaban J connectivity index is 1.63. The summed E-state index contributed by atoms with van der Waals surface area (Å²) >= 11 is 0. The van der Waals surface area contributed by atoms with Crippen molar-refractivity contribution in [1.29, 1.82) is 0 Å². The second-order valence-electron chi connectivity index (χ2n) is 7.79. The molecule has 0 spiro atoms. The predicted octanol–water partition coefficient (Wildman–Crippen LogP) is 6.91. The van der Waals surface area contributed by atoms with Gasteiger partial charge in [-0.1, -0.05) is 103 Å². The van der Waals surface area contributed by atoms with E-state index in [1.807, 2.05) is 0 Å². The van der Waals surface area contributed by atoms with Crippen LogP contribution in [0.3, 0.4) is 0 Å². The molecule has 1 fully saturated rings. The summed E-state index contributed by atoms with van der Waals surface area (Å²) in [6, 6.07) is 0. The molecule has 0 aliphatic heterocycles. The Kier molecular flexibility index (Phi) is 16.2. The van der Waals surface area contributed by atoms with Gasteiger partial charge in [0.15, 0.2) is 0 Å². The molecule has 0 heterocycles. The normalized spacial score (nSPS) is 15.4. The van der Waals surface area contributed by atoms with E-state index in [0.717, 1.165) is 25.7 Å². The van der Waals surface area contributed by atoms with E-state index in [4.69, 9.17) is 9.47 Å². The summed E-state index contributed by atoms with van der Waals surface area (Å²) in [5, 5.41) is 0. The van der Waals surface area contributed by atoms with Gasteiger partial charge in [0.25, 0.3) is 0 Å². The summed E-state index contributed by atoms with van der Waals surface area (Å²) in [5.41, 5.74) is 0. The third-order valence-electron chi connectivity index (χ3n) is 5.56. The van der Waals surface area contributed by atoms with Crippen LogP contribution in [-0.2, 0) is 9.47 Å². The lowest BCUT2D eigenvalue weighted by molar-refractivity contribution is 0.0685. The summed E-state index contributed by atoms with van der Waals surface area (Å²) in [6.45, 7) is 2.38. The highest BCUT2D eigenvalue weighted by molar-refractivity contribution is 4.67. The van der Waals surface area contributed by atoms with Gasteiger partial charge in [-0.2, -0.15) is 0 Å². The Labute approximate surface area is 152 Å². The van der Waals surface area contributed by atoms with Gasteiger partial charge < -0.3 is 9.47 Å². The molecule has 0 radical (unpaired) electrons. The summed E-state index contributed by atoms with van der Waals surface area (Å²) in [6.07, 6.45) is 24.7. The Hall–Kier alpha value is -0.0800. The minimum Gasteiger partial charge on any atom is -0.382 e. The third-order valence-corrected chi connectivity index (χ3v) is 5.56. The van der Waals surface area contributed by atoms with Gasteiger partial charge in [-0.15, -0.1) is 0 Å². The fraction of sp³-hybridized carbons (Fsp3) is 1.00. The van der Waals surface area contributed by atoms with E-state index < -0.39 is 0 Å². The van der Waals surface area contributed by atoms with Gasteiger partial charge in [-0.3, -0.25) is 0 Å². The zero-order chi connectivity index (χ0) is 17.1. The van der Waals surface area contributed by atoms with Gasteiger partial charge in [-0.05, 0) is 12.3 Å². The summed E-state index contributed by atoms with van der Waals surface area (Å²) < 4.78 is 10.4. The molecular formula is C22H44O2. The minimum absolute atomic E-state index is 0.723. The zero-order valence-electron chi connectivity index (χ0n) is 16.5. The van der Waals surface area contributed by atoms with Crippen molar-refractivity contribution in [3.05, 3.63) is 0 Å². The molecule has 0 N–H and O–H groups in total. The molecule has 0 aromatic carbocycles. The molecule has 1 aliphatic carbocycles. The lowest BCUT2D eigenvalue weighted by Gasteiger charge is -2.08. The van der Waals surface area contributed by atoms with E-state index in [0.29, 0.717) is 0 Å². The summed E-state index contributed by atoms with van der Waals surface area (Å²) in [4.78, 5) is 0. The van der Waals surface area contributed by atoms with E-state index in [-0.39, 0.29) is 0 Å². The summed E-state index contributed by atoms with van der Waals surface area (Å²) in [7, 11) is 1.72. The first-order valence-corrected chi connectivity index (χ1v) is 11.0. The largest absolute Gasteiger partial charge is 0.382 e. The van der Waals surface area contributed by atoms with Crippen molar-refractivity contribution in [2.45, 2.75) is 109 Å². The topological polar surface area (TPSA) is 18.5 Å². The van der Waals surface area contributed by atoms with Crippen LogP contribution < -0.4 is 0 Å². The second-order valence-corrected chi connectivity index (χ2v) is 7.79. The van der Waals surface area contributed by atoms with Gasteiger partial charge in [0.05, 0.1) is 13.2 Å².